The molecule has 8 aromatic rings. The molecule has 10 rings (SSSR count). The molecule has 0 amide bonds. The summed E-state index contributed by atoms with van der Waals surface area (Å²) in [6.45, 7) is 0. The maximum Gasteiger partial charge on any atom is 0.178 e. The van der Waals surface area contributed by atoms with E-state index in [0.717, 1.165) is 61.6 Å². The highest BCUT2D eigenvalue weighted by molar-refractivity contribution is 6.08. The van der Waals surface area contributed by atoms with E-state index in [1.165, 1.54) is 22.3 Å². The molecule has 7 aromatic carbocycles. The third kappa shape index (κ3) is 3.32. The van der Waals surface area contributed by atoms with Crippen LogP contribution in [0.3, 0.4) is 0 Å². The fraction of sp³-hybridized carbons (Fsp3) is 0.0233. The number of rotatable bonds is 3. The molecule has 0 N–H and O–H groups in total. The minimum atomic E-state index is -0.577. The van der Waals surface area contributed by atoms with Gasteiger partial charge in [0.25, 0.3) is 0 Å². The van der Waals surface area contributed by atoms with Crippen LogP contribution in [0.1, 0.15) is 22.3 Å². The first kappa shape index (κ1) is 25.3. The Kier molecular flexibility index (Phi) is 5.20. The zero-order chi connectivity index (χ0) is 30.2. The van der Waals surface area contributed by atoms with E-state index in [0.29, 0.717) is 0 Å². The van der Waals surface area contributed by atoms with Gasteiger partial charge in [-0.2, -0.15) is 0 Å². The van der Waals surface area contributed by atoms with Crippen LogP contribution in [0.15, 0.2) is 168 Å². The lowest BCUT2D eigenvalue weighted by atomic mass is 9.66. The highest BCUT2D eigenvalue weighted by atomic mass is 16.5. The minimum absolute atomic E-state index is 0.577. The molecule has 2 heterocycles. The highest BCUT2D eigenvalue weighted by Crippen LogP contribution is 2.63. The molecule has 3 heteroatoms. The predicted octanol–water partition coefficient (Wildman–Crippen LogP) is 11.5. The maximum absolute atomic E-state index is 7.08. The fourth-order valence-electron chi connectivity index (χ4n) is 7.88. The smallest absolute Gasteiger partial charge is 0.178 e. The molecule has 0 fully saturated rings. The zero-order valence-corrected chi connectivity index (χ0v) is 24.9. The van der Waals surface area contributed by atoms with Crippen molar-refractivity contribution in [3.8, 4) is 22.6 Å². The predicted molar refractivity (Wildman–Crippen MR) is 186 cm³/mol. The SMILES string of the molecule is c1ccc(N(c2ccccc2)c2ccc3c(c2)Oc2c(ccc4c2oc2ccccc24)C32c3ccccc3-c3ccccc32)cc1. The Morgan fingerprint density at radius 2 is 1.02 bits per heavy atom. The number of ether oxygens (including phenoxy) is 1. The summed E-state index contributed by atoms with van der Waals surface area (Å²) in [4.78, 5) is 2.28. The van der Waals surface area contributed by atoms with Crippen LogP contribution in [-0.2, 0) is 5.41 Å². The molecule has 0 radical (unpaired) electrons. The summed E-state index contributed by atoms with van der Waals surface area (Å²) in [6, 6.07) is 58.1. The second-order valence-electron chi connectivity index (χ2n) is 12.0. The number of furan rings is 1. The quantitative estimate of drug-likeness (QED) is 0.205. The molecule has 0 saturated carbocycles. The van der Waals surface area contributed by atoms with Crippen molar-refractivity contribution in [1.82, 2.24) is 0 Å². The van der Waals surface area contributed by atoms with Gasteiger partial charge in [-0.25, -0.2) is 0 Å². The third-order valence-electron chi connectivity index (χ3n) is 9.73. The van der Waals surface area contributed by atoms with Gasteiger partial charge < -0.3 is 14.1 Å². The lowest BCUT2D eigenvalue weighted by Crippen LogP contribution is -2.32. The van der Waals surface area contributed by atoms with Crippen LogP contribution >= 0.6 is 0 Å². The summed E-state index contributed by atoms with van der Waals surface area (Å²) >= 11 is 0. The van der Waals surface area contributed by atoms with Gasteiger partial charge in [0.15, 0.2) is 11.3 Å². The first-order valence-electron chi connectivity index (χ1n) is 15.7. The largest absolute Gasteiger partial charge is 0.453 e. The standard InChI is InChI=1S/C43H27NO2/c1-3-13-28(14-4-1)44(29-15-5-2-6-16-29)30-23-25-37-40(27-30)46-42-38(26-24-34-33-19-9-12-22-39(33)45-41(34)42)43(37)35-20-10-7-17-31(35)32-18-8-11-21-36(32)43/h1-27H. The Morgan fingerprint density at radius 1 is 0.435 bits per heavy atom. The van der Waals surface area contributed by atoms with Crippen molar-refractivity contribution >= 4 is 39.0 Å². The summed E-state index contributed by atoms with van der Waals surface area (Å²) in [6.07, 6.45) is 0. The average Bonchev–Trinajstić information content (AvgIpc) is 3.64. The van der Waals surface area contributed by atoms with Gasteiger partial charge in [-0.15, -0.1) is 0 Å². The molecule has 0 bridgehead atoms. The van der Waals surface area contributed by atoms with Gasteiger partial charge in [0.05, 0.1) is 5.41 Å². The highest BCUT2D eigenvalue weighted by Gasteiger charge is 2.51. The summed E-state index contributed by atoms with van der Waals surface area (Å²) in [7, 11) is 0. The second kappa shape index (κ2) is 9.47. The molecule has 0 atom stereocenters. The summed E-state index contributed by atoms with van der Waals surface area (Å²) in [5.41, 5.74) is 11.5. The number of para-hydroxylation sites is 3. The monoisotopic (exact) mass is 589 g/mol. The molecular formula is C43H27NO2. The lowest BCUT2D eigenvalue weighted by molar-refractivity contribution is 0.433. The summed E-state index contributed by atoms with van der Waals surface area (Å²) < 4.78 is 13.7. The van der Waals surface area contributed by atoms with Gasteiger partial charge in [0.1, 0.15) is 11.3 Å². The van der Waals surface area contributed by atoms with E-state index in [1.807, 2.05) is 12.1 Å². The lowest BCUT2D eigenvalue weighted by Gasteiger charge is -2.40. The van der Waals surface area contributed by atoms with Crippen molar-refractivity contribution in [3.05, 3.63) is 186 Å². The first-order chi connectivity index (χ1) is 22.8. The molecule has 1 aromatic heterocycles. The van der Waals surface area contributed by atoms with E-state index in [-0.39, 0.29) is 0 Å². The van der Waals surface area contributed by atoms with Crippen molar-refractivity contribution in [3.63, 3.8) is 0 Å². The molecule has 1 spiro atoms. The molecule has 2 aliphatic rings. The molecule has 46 heavy (non-hydrogen) atoms. The Hall–Kier alpha value is -6.06. The van der Waals surface area contributed by atoms with Crippen LogP contribution in [0.2, 0.25) is 0 Å². The summed E-state index contributed by atoms with van der Waals surface area (Å²) in [5.74, 6) is 1.59. The third-order valence-corrected chi connectivity index (χ3v) is 9.73. The average molecular weight is 590 g/mol. The maximum atomic E-state index is 7.08. The van der Waals surface area contributed by atoms with Crippen molar-refractivity contribution in [2.75, 3.05) is 4.90 Å². The molecule has 0 unspecified atom stereocenters. The Balaban J connectivity index is 1.30. The van der Waals surface area contributed by atoms with E-state index in [4.69, 9.17) is 9.15 Å². The van der Waals surface area contributed by atoms with Gasteiger partial charge in [-0.05, 0) is 64.7 Å². The van der Waals surface area contributed by atoms with Gasteiger partial charge in [0, 0.05) is 45.0 Å². The van der Waals surface area contributed by atoms with Crippen LogP contribution < -0.4 is 9.64 Å². The number of hydrogen-bond acceptors (Lipinski definition) is 3. The van der Waals surface area contributed by atoms with E-state index in [9.17, 15) is 0 Å². The van der Waals surface area contributed by atoms with Crippen LogP contribution in [0.5, 0.6) is 11.5 Å². The van der Waals surface area contributed by atoms with Gasteiger partial charge in [-0.1, -0.05) is 115 Å². The van der Waals surface area contributed by atoms with E-state index >= 15 is 0 Å². The van der Waals surface area contributed by atoms with Crippen LogP contribution in [0.4, 0.5) is 17.1 Å². The minimum Gasteiger partial charge on any atom is -0.453 e. The van der Waals surface area contributed by atoms with Crippen molar-refractivity contribution in [1.29, 1.82) is 0 Å². The van der Waals surface area contributed by atoms with E-state index < -0.39 is 5.41 Å². The number of anilines is 3. The Morgan fingerprint density at radius 3 is 1.72 bits per heavy atom. The van der Waals surface area contributed by atoms with Crippen molar-refractivity contribution in [2.24, 2.45) is 0 Å². The molecule has 1 aliphatic heterocycles. The Bertz CT molecular complexity index is 2370. The van der Waals surface area contributed by atoms with Crippen molar-refractivity contribution in [2.45, 2.75) is 5.41 Å². The van der Waals surface area contributed by atoms with Gasteiger partial charge >= 0.3 is 0 Å². The van der Waals surface area contributed by atoms with E-state index in [1.54, 1.807) is 0 Å². The topological polar surface area (TPSA) is 25.6 Å². The normalized spacial score (nSPS) is 13.6. The number of nitrogens with zero attached hydrogens (tertiary/aromatic N) is 1. The van der Waals surface area contributed by atoms with Gasteiger partial charge in [0.2, 0.25) is 0 Å². The van der Waals surface area contributed by atoms with Crippen LogP contribution in [-0.4, -0.2) is 0 Å². The number of hydrogen-bond donors (Lipinski definition) is 0. The van der Waals surface area contributed by atoms with Crippen LogP contribution in [0, 0.1) is 0 Å². The zero-order valence-electron chi connectivity index (χ0n) is 24.9. The Labute approximate surface area is 266 Å². The fourth-order valence-corrected chi connectivity index (χ4v) is 7.88. The first-order valence-corrected chi connectivity index (χ1v) is 15.7. The summed E-state index contributed by atoms with van der Waals surface area (Å²) in [5, 5.41) is 2.14. The van der Waals surface area contributed by atoms with Crippen LogP contribution in [0.25, 0.3) is 33.1 Å². The van der Waals surface area contributed by atoms with E-state index in [2.05, 4.69) is 157 Å². The second-order valence-corrected chi connectivity index (χ2v) is 12.0. The van der Waals surface area contributed by atoms with Gasteiger partial charge in [-0.3, -0.25) is 0 Å². The number of benzene rings is 7. The van der Waals surface area contributed by atoms with Crippen molar-refractivity contribution < 1.29 is 9.15 Å². The molecule has 0 saturated heterocycles. The molecule has 216 valence electrons. The number of fused-ring (bicyclic) bond motifs is 13. The molecular weight excluding hydrogens is 562 g/mol. The molecule has 1 aliphatic carbocycles. The molecule has 3 nitrogen and oxygen atoms in total.